The molecule has 272 valence electrons. The fourth-order valence-electron chi connectivity index (χ4n) is 13.5. The van der Waals surface area contributed by atoms with Crippen molar-refractivity contribution in [1.82, 2.24) is 15.3 Å². The Kier molecular flexibility index (Phi) is 8.58. The van der Waals surface area contributed by atoms with Crippen molar-refractivity contribution in [3.8, 4) is 11.3 Å². The molecule has 2 N–H and O–H groups in total. The molecule has 5 aliphatic rings. The third kappa shape index (κ3) is 4.95. The Morgan fingerprint density at radius 3 is 2.16 bits per heavy atom. The molecular weight excluding hydrogens is 619 g/mol. The van der Waals surface area contributed by atoms with Gasteiger partial charge in [0.1, 0.15) is 11.9 Å². The fraction of sp³-hybridized carbons (Fsp3) is 0.705. The molecule has 10 atom stereocenters. The molecule has 0 aliphatic heterocycles. The maximum absolute atomic E-state index is 15.5. The molecule has 0 saturated heterocycles. The van der Waals surface area contributed by atoms with Gasteiger partial charge < -0.3 is 15.0 Å². The molecule has 1 amide bonds. The number of nitrogens with zero attached hydrogens (tertiary/aromatic N) is 1. The summed E-state index contributed by atoms with van der Waals surface area (Å²) in [5, 5.41) is 3.65. The fourth-order valence-corrected chi connectivity index (χ4v) is 13.5. The standard InChI is InChI=1S/C44H63N3O3/c1-26(2)43(10)37-35-21-20-32-31-19-17-30(50-27(3)48)24-29(31)16-18-33(32)34(35)22-23-44(37,42(8,9)41(43,6)7)39(49)47-40(4,5)38-45-25-36(46-38)28-14-12-11-13-15-28/h11-15,25,29-35,37H,1,16-24H2,2-10H3,(H,45,46)(H,47,49). The number of fused-ring (bicyclic) bond motifs is 7. The minimum Gasteiger partial charge on any atom is -0.463 e. The number of rotatable bonds is 6. The van der Waals surface area contributed by atoms with Gasteiger partial charge in [-0.2, -0.15) is 0 Å². The van der Waals surface area contributed by atoms with E-state index in [2.05, 4.69) is 77.8 Å². The number of amides is 1. The van der Waals surface area contributed by atoms with Gasteiger partial charge in [-0.25, -0.2) is 4.98 Å². The monoisotopic (exact) mass is 681 g/mol. The number of carbonyl (C=O) groups excluding carboxylic acids is 2. The van der Waals surface area contributed by atoms with E-state index in [1.165, 1.54) is 37.7 Å². The molecule has 1 aromatic heterocycles. The molecule has 1 heterocycles. The number of hydrogen-bond donors (Lipinski definition) is 2. The maximum atomic E-state index is 15.5. The summed E-state index contributed by atoms with van der Waals surface area (Å²) in [6, 6.07) is 10.3. The highest BCUT2D eigenvalue weighted by Gasteiger charge is 2.78. The Morgan fingerprint density at radius 2 is 1.48 bits per heavy atom. The van der Waals surface area contributed by atoms with Crippen LogP contribution >= 0.6 is 0 Å². The van der Waals surface area contributed by atoms with Crippen LogP contribution in [0.5, 0.6) is 0 Å². The van der Waals surface area contributed by atoms with E-state index in [1.807, 2.05) is 24.4 Å². The Labute approximate surface area is 301 Å². The third-order valence-electron chi connectivity index (χ3n) is 16.6. The summed E-state index contributed by atoms with van der Waals surface area (Å²) < 4.78 is 5.72. The van der Waals surface area contributed by atoms with Crippen LogP contribution in [0.4, 0.5) is 0 Å². The number of aromatic nitrogens is 2. The molecule has 1 aromatic carbocycles. The van der Waals surface area contributed by atoms with Gasteiger partial charge in [-0.1, -0.05) is 77.1 Å². The molecular formula is C44H63N3O3. The van der Waals surface area contributed by atoms with Crippen LogP contribution in [0, 0.1) is 63.1 Å². The van der Waals surface area contributed by atoms with Crippen molar-refractivity contribution in [1.29, 1.82) is 0 Å². The number of H-pyrrole nitrogens is 1. The van der Waals surface area contributed by atoms with Crippen LogP contribution < -0.4 is 5.32 Å². The predicted octanol–water partition coefficient (Wildman–Crippen LogP) is 9.87. The highest BCUT2D eigenvalue weighted by molar-refractivity contribution is 5.86. The van der Waals surface area contributed by atoms with Gasteiger partial charge in [0.25, 0.3) is 0 Å². The molecule has 5 saturated carbocycles. The molecule has 5 aliphatic carbocycles. The molecule has 10 unspecified atom stereocenters. The van der Waals surface area contributed by atoms with Crippen LogP contribution in [0.15, 0.2) is 48.7 Å². The number of ether oxygens (including phenoxy) is 1. The molecule has 0 radical (unpaired) electrons. The number of nitrogens with one attached hydrogen (secondary N) is 2. The summed E-state index contributed by atoms with van der Waals surface area (Å²) >= 11 is 0. The summed E-state index contributed by atoms with van der Waals surface area (Å²) in [6.07, 6.45) is 12.2. The van der Waals surface area contributed by atoms with Crippen molar-refractivity contribution in [2.75, 3.05) is 0 Å². The van der Waals surface area contributed by atoms with E-state index in [0.29, 0.717) is 17.8 Å². The smallest absolute Gasteiger partial charge is 0.302 e. The highest BCUT2D eigenvalue weighted by Crippen LogP contribution is 2.81. The number of esters is 1. The number of allylic oxidation sites excluding steroid dienone is 1. The summed E-state index contributed by atoms with van der Waals surface area (Å²) in [4.78, 5) is 35.6. The van der Waals surface area contributed by atoms with E-state index in [0.717, 1.165) is 60.5 Å². The first-order chi connectivity index (χ1) is 23.5. The van der Waals surface area contributed by atoms with E-state index < -0.39 is 11.0 Å². The largest absolute Gasteiger partial charge is 0.463 e. The van der Waals surface area contributed by atoms with Crippen molar-refractivity contribution in [2.24, 2.45) is 63.1 Å². The van der Waals surface area contributed by atoms with Crippen molar-refractivity contribution in [3.05, 3.63) is 54.5 Å². The Balaban J connectivity index is 1.22. The normalized spacial score (nSPS) is 38.5. The second-order valence-corrected chi connectivity index (χ2v) is 19.1. The van der Waals surface area contributed by atoms with Gasteiger partial charge in [0, 0.05) is 6.92 Å². The lowest BCUT2D eigenvalue weighted by molar-refractivity contribution is -0.164. The quantitative estimate of drug-likeness (QED) is 0.235. The van der Waals surface area contributed by atoms with Gasteiger partial charge in [-0.05, 0) is 142 Å². The zero-order chi connectivity index (χ0) is 36.0. The zero-order valence-electron chi connectivity index (χ0n) is 32.3. The van der Waals surface area contributed by atoms with E-state index in [9.17, 15) is 4.79 Å². The lowest BCUT2D eigenvalue weighted by Crippen LogP contribution is -2.62. The van der Waals surface area contributed by atoms with E-state index in [-0.39, 0.29) is 40.1 Å². The zero-order valence-corrected chi connectivity index (χ0v) is 32.3. The molecule has 6 heteroatoms. The topological polar surface area (TPSA) is 84.1 Å². The first-order valence-corrected chi connectivity index (χ1v) is 19.7. The second kappa shape index (κ2) is 12.1. The number of benzene rings is 1. The summed E-state index contributed by atoms with van der Waals surface area (Å²) in [5.74, 6) is 5.08. The van der Waals surface area contributed by atoms with Crippen LogP contribution in [0.2, 0.25) is 0 Å². The van der Waals surface area contributed by atoms with Crippen LogP contribution in [-0.4, -0.2) is 27.9 Å². The SMILES string of the molecule is C=C(C)C1(C)C2C3CCC4C5CCC(OC(C)=O)CC5CCC4C3CCC2(C(=O)NC(C)(C)c2ncc(-c3ccccc3)[nH]2)C(C)(C)C1(C)C. The van der Waals surface area contributed by atoms with Crippen molar-refractivity contribution in [2.45, 2.75) is 132 Å². The number of aromatic amines is 1. The van der Waals surface area contributed by atoms with Gasteiger partial charge in [0.2, 0.25) is 5.91 Å². The Bertz CT molecular complexity index is 1640. The van der Waals surface area contributed by atoms with Gasteiger partial charge in [-0.3, -0.25) is 9.59 Å². The van der Waals surface area contributed by atoms with Crippen molar-refractivity contribution < 1.29 is 14.3 Å². The lowest BCUT2D eigenvalue weighted by Gasteiger charge is -2.61. The highest BCUT2D eigenvalue weighted by atomic mass is 16.5. The van der Waals surface area contributed by atoms with Gasteiger partial charge in [-0.15, -0.1) is 0 Å². The molecule has 5 fully saturated rings. The number of hydrogen-bond acceptors (Lipinski definition) is 4. The summed E-state index contributed by atoms with van der Waals surface area (Å²) in [6.45, 7) is 24.9. The van der Waals surface area contributed by atoms with E-state index in [1.54, 1.807) is 6.92 Å². The second-order valence-electron chi connectivity index (χ2n) is 19.1. The first-order valence-electron chi connectivity index (χ1n) is 19.7. The number of carbonyl (C=O) groups is 2. The number of imidazole rings is 1. The van der Waals surface area contributed by atoms with E-state index >= 15 is 4.79 Å². The van der Waals surface area contributed by atoms with Crippen LogP contribution in [0.1, 0.15) is 126 Å². The maximum Gasteiger partial charge on any atom is 0.302 e. The van der Waals surface area contributed by atoms with E-state index in [4.69, 9.17) is 16.3 Å². The Hall–Kier alpha value is -2.89. The van der Waals surface area contributed by atoms with Gasteiger partial charge in [0.15, 0.2) is 0 Å². The molecule has 7 rings (SSSR count). The molecule has 50 heavy (non-hydrogen) atoms. The summed E-state index contributed by atoms with van der Waals surface area (Å²) in [5.41, 5.74) is 1.44. The summed E-state index contributed by atoms with van der Waals surface area (Å²) in [7, 11) is 0. The van der Waals surface area contributed by atoms with Crippen LogP contribution in [0.3, 0.4) is 0 Å². The average Bonchev–Trinajstić information content (AvgIpc) is 3.61. The van der Waals surface area contributed by atoms with Gasteiger partial charge in [0.05, 0.1) is 22.8 Å². The lowest BCUT2D eigenvalue weighted by atomic mass is 9.43. The molecule has 0 bridgehead atoms. The first kappa shape index (κ1) is 35.5. The third-order valence-corrected chi connectivity index (χ3v) is 16.6. The predicted molar refractivity (Wildman–Crippen MR) is 200 cm³/mol. The minimum atomic E-state index is -0.677. The minimum absolute atomic E-state index is 0.102. The molecule has 6 nitrogen and oxygen atoms in total. The van der Waals surface area contributed by atoms with Gasteiger partial charge >= 0.3 is 5.97 Å². The molecule has 2 aromatic rings. The van der Waals surface area contributed by atoms with Crippen LogP contribution in [0.25, 0.3) is 11.3 Å². The Morgan fingerprint density at radius 1 is 0.860 bits per heavy atom. The van der Waals surface area contributed by atoms with Crippen molar-refractivity contribution in [3.63, 3.8) is 0 Å². The molecule has 0 spiro atoms. The average molecular weight is 682 g/mol. The van der Waals surface area contributed by atoms with Crippen LogP contribution in [-0.2, 0) is 19.9 Å². The van der Waals surface area contributed by atoms with Crippen molar-refractivity contribution >= 4 is 11.9 Å².